The lowest BCUT2D eigenvalue weighted by Gasteiger charge is -2.28. The average Bonchev–Trinajstić information content (AvgIpc) is 2.26. The normalized spacial score (nSPS) is 26.2. The number of carboxylic acid groups (broad SMARTS) is 1. The molecule has 0 aromatic rings. The fraction of sp³-hybridized carbons (Fsp3) is 0.833. The molecule has 0 aromatic carbocycles. The quantitative estimate of drug-likeness (QED) is 0.667. The van der Waals surface area contributed by atoms with Crippen LogP contribution in [0.3, 0.4) is 0 Å². The second kappa shape index (κ2) is 6.59. The first-order valence-corrected chi connectivity index (χ1v) is 6.28. The van der Waals surface area contributed by atoms with E-state index in [4.69, 9.17) is 10.8 Å². The summed E-state index contributed by atoms with van der Waals surface area (Å²) in [5.41, 5.74) is 5.92. The predicted octanol–water partition coefficient (Wildman–Crippen LogP) is 0.873. The molecule has 98 valence electrons. The number of carboxylic acids is 1. The lowest BCUT2D eigenvalue weighted by atomic mass is 9.84. The molecule has 4 N–H and O–H groups in total. The van der Waals surface area contributed by atoms with Crippen molar-refractivity contribution in [2.24, 2.45) is 11.7 Å². The number of amides is 1. The van der Waals surface area contributed by atoms with E-state index >= 15 is 0 Å². The second-order valence-corrected chi connectivity index (χ2v) is 4.90. The molecule has 1 fully saturated rings. The molecule has 1 rings (SSSR count). The van der Waals surface area contributed by atoms with Crippen LogP contribution in [0.15, 0.2) is 0 Å². The lowest BCUT2D eigenvalue weighted by Crippen LogP contribution is -2.46. The fourth-order valence-electron chi connectivity index (χ4n) is 2.25. The van der Waals surface area contributed by atoms with Crippen molar-refractivity contribution < 1.29 is 14.7 Å². The summed E-state index contributed by atoms with van der Waals surface area (Å²) in [7, 11) is 0. The van der Waals surface area contributed by atoms with Gasteiger partial charge in [0.25, 0.3) is 0 Å². The largest absolute Gasteiger partial charge is 0.481 e. The zero-order valence-corrected chi connectivity index (χ0v) is 10.3. The number of carbonyl (C=O) groups excluding carboxylic acids is 1. The predicted molar refractivity (Wildman–Crippen MR) is 64.4 cm³/mol. The molecule has 0 spiro atoms. The Morgan fingerprint density at radius 1 is 1.41 bits per heavy atom. The topological polar surface area (TPSA) is 92.4 Å². The van der Waals surface area contributed by atoms with Gasteiger partial charge in [0, 0.05) is 18.5 Å². The fourth-order valence-corrected chi connectivity index (χ4v) is 2.25. The molecule has 0 bridgehead atoms. The monoisotopic (exact) mass is 242 g/mol. The van der Waals surface area contributed by atoms with Crippen LogP contribution in [0.5, 0.6) is 0 Å². The minimum absolute atomic E-state index is 0.0184. The third kappa shape index (κ3) is 4.73. The van der Waals surface area contributed by atoms with Crippen LogP contribution in [0.4, 0.5) is 0 Å². The van der Waals surface area contributed by atoms with Gasteiger partial charge in [-0.2, -0.15) is 0 Å². The third-order valence-electron chi connectivity index (χ3n) is 3.34. The van der Waals surface area contributed by atoms with Gasteiger partial charge in [-0.3, -0.25) is 9.59 Å². The number of hydrogen-bond donors (Lipinski definition) is 3. The molecular weight excluding hydrogens is 220 g/mol. The number of carbonyl (C=O) groups is 2. The smallest absolute Gasteiger partial charge is 0.303 e. The van der Waals surface area contributed by atoms with Crippen molar-refractivity contribution in [1.82, 2.24) is 5.32 Å². The Morgan fingerprint density at radius 2 is 2.06 bits per heavy atom. The Kier molecular flexibility index (Phi) is 5.41. The van der Waals surface area contributed by atoms with Gasteiger partial charge >= 0.3 is 5.97 Å². The highest BCUT2D eigenvalue weighted by molar-refractivity contribution is 5.79. The highest BCUT2D eigenvalue weighted by Crippen LogP contribution is 2.23. The van der Waals surface area contributed by atoms with Crippen LogP contribution in [0.2, 0.25) is 0 Å². The molecule has 0 saturated heterocycles. The molecule has 1 aliphatic rings. The van der Waals surface area contributed by atoms with Gasteiger partial charge in [0.05, 0.1) is 5.92 Å². The summed E-state index contributed by atoms with van der Waals surface area (Å²) in [6.07, 6.45) is 4.44. The number of hydrogen-bond acceptors (Lipinski definition) is 3. The molecule has 1 aliphatic carbocycles. The zero-order chi connectivity index (χ0) is 12.8. The molecule has 5 heteroatoms. The van der Waals surface area contributed by atoms with E-state index in [1.165, 1.54) is 0 Å². The standard InChI is InChI=1S/C12H22N2O3/c1-8(6-7-11(15)16)14-12(17)9-4-2-3-5-10(9)13/h8-10H,2-7,13H2,1H3,(H,14,17)(H,15,16). The molecule has 0 aliphatic heterocycles. The molecule has 0 radical (unpaired) electrons. The summed E-state index contributed by atoms with van der Waals surface area (Å²) < 4.78 is 0. The molecule has 0 aromatic heterocycles. The van der Waals surface area contributed by atoms with E-state index in [0.29, 0.717) is 6.42 Å². The number of aliphatic carboxylic acids is 1. The van der Waals surface area contributed by atoms with Crippen molar-refractivity contribution in [2.45, 2.75) is 57.5 Å². The number of rotatable bonds is 5. The molecule has 1 saturated carbocycles. The van der Waals surface area contributed by atoms with Crippen molar-refractivity contribution in [1.29, 1.82) is 0 Å². The van der Waals surface area contributed by atoms with Gasteiger partial charge in [0.2, 0.25) is 5.91 Å². The summed E-state index contributed by atoms with van der Waals surface area (Å²) >= 11 is 0. The van der Waals surface area contributed by atoms with Crippen LogP contribution < -0.4 is 11.1 Å². The molecule has 3 unspecified atom stereocenters. The summed E-state index contributed by atoms with van der Waals surface area (Å²) in [5, 5.41) is 11.4. The van der Waals surface area contributed by atoms with Crippen molar-refractivity contribution in [3.05, 3.63) is 0 Å². The van der Waals surface area contributed by atoms with Gasteiger partial charge in [0.1, 0.15) is 0 Å². The molecule has 3 atom stereocenters. The van der Waals surface area contributed by atoms with E-state index in [0.717, 1.165) is 25.7 Å². The number of nitrogens with one attached hydrogen (secondary N) is 1. The van der Waals surface area contributed by atoms with E-state index in [-0.39, 0.29) is 30.3 Å². The van der Waals surface area contributed by atoms with E-state index in [1.54, 1.807) is 0 Å². The van der Waals surface area contributed by atoms with E-state index in [1.807, 2.05) is 6.92 Å². The summed E-state index contributed by atoms with van der Waals surface area (Å²) in [5.74, 6) is -0.952. The van der Waals surface area contributed by atoms with Crippen LogP contribution in [0.25, 0.3) is 0 Å². The Bertz CT molecular complexity index is 281. The maximum atomic E-state index is 11.9. The van der Waals surface area contributed by atoms with Crippen LogP contribution in [0, 0.1) is 5.92 Å². The van der Waals surface area contributed by atoms with Crippen molar-refractivity contribution in [2.75, 3.05) is 0 Å². The minimum Gasteiger partial charge on any atom is -0.481 e. The van der Waals surface area contributed by atoms with E-state index < -0.39 is 5.97 Å². The summed E-state index contributed by atoms with van der Waals surface area (Å²) in [4.78, 5) is 22.3. The van der Waals surface area contributed by atoms with Crippen LogP contribution in [-0.4, -0.2) is 29.1 Å². The van der Waals surface area contributed by atoms with Crippen molar-refractivity contribution in [3.63, 3.8) is 0 Å². The second-order valence-electron chi connectivity index (χ2n) is 4.90. The Balaban J connectivity index is 2.34. The van der Waals surface area contributed by atoms with E-state index in [2.05, 4.69) is 5.32 Å². The molecule has 0 heterocycles. The minimum atomic E-state index is -0.833. The lowest BCUT2D eigenvalue weighted by molar-refractivity contribution is -0.137. The Labute approximate surface area is 102 Å². The van der Waals surface area contributed by atoms with Crippen LogP contribution in [-0.2, 0) is 9.59 Å². The number of nitrogens with two attached hydrogens (primary N) is 1. The van der Waals surface area contributed by atoms with Crippen molar-refractivity contribution in [3.8, 4) is 0 Å². The third-order valence-corrected chi connectivity index (χ3v) is 3.34. The van der Waals surface area contributed by atoms with Crippen molar-refractivity contribution >= 4 is 11.9 Å². The highest BCUT2D eigenvalue weighted by atomic mass is 16.4. The SMILES string of the molecule is CC(CCC(=O)O)NC(=O)C1CCCCC1N. The van der Waals surface area contributed by atoms with Gasteiger partial charge < -0.3 is 16.2 Å². The summed E-state index contributed by atoms with van der Waals surface area (Å²) in [6.45, 7) is 1.83. The maximum Gasteiger partial charge on any atom is 0.303 e. The van der Waals surface area contributed by atoms with Gasteiger partial charge in [0.15, 0.2) is 0 Å². The average molecular weight is 242 g/mol. The molecule has 1 amide bonds. The van der Waals surface area contributed by atoms with Gasteiger partial charge in [-0.1, -0.05) is 12.8 Å². The molecule has 17 heavy (non-hydrogen) atoms. The maximum absolute atomic E-state index is 11.9. The highest BCUT2D eigenvalue weighted by Gasteiger charge is 2.28. The zero-order valence-electron chi connectivity index (χ0n) is 10.3. The first kappa shape index (κ1) is 14.0. The summed E-state index contributed by atoms with van der Waals surface area (Å²) in [6, 6.07) is -0.150. The van der Waals surface area contributed by atoms with Gasteiger partial charge in [-0.05, 0) is 26.2 Å². The first-order valence-electron chi connectivity index (χ1n) is 6.28. The molecule has 5 nitrogen and oxygen atoms in total. The molecular formula is C12H22N2O3. The van der Waals surface area contributed by atoms with Gasteiger partial charge in [-0.15, -0.1) is 0 Å². The Hall–Kier alpha value is -1.10. The van der Waals surface area contributed by atoms with Crippen LogP contribution in [0.1, 0.15) is 45.4 Å². The van der Waals surface area contributed by atoms with Crippen LogP contribution >= 0.6 is 0 Å². The Morgan fingerprint density at radius 3 is 2.65 bits per heavy atom. The van der Waals surface area contributed by atoms with E-state index in [9.17, 15) is 9.59 Å². The van der Waals surface area contributed by atoms with Gasteiger partial charge in [-0.25, -0.2) is 0 Å². The first-order chi connectivity index (χ1) is 8.00.